The first-order valence-electron chi connectivity index (χ1n) is 6.68. The summed E-state index contributed by atoms with van der Waals surface area (Å²) in [6.07, 6.45) is 4.41. The van der Waals surface area contributed by atoms with Crippen LogP contribution in [0.15, 0.2) is 15.9 Å². The fraction of sp³-hybridized carbons (Fsp3) is 0.714. The third-order valence-electron chi connectivity index (χ3n) is 4.46. The van der Waals surface area contributed by atoms with Gasteiger partial charge in [-0.2, -0.15) is 0 Å². The number of ether oxygens (including phenoxy) is 1. The Morgan fingerprint density at radius 2 is 2.00 bits per heavy atom. The Hall–Kier alpha value is 0.0600. The number of halogens is 1. The molecule has 108 valence electrons. The van der Waals surface area contributed by atoms with Gasteiger partial charge in [0.1, 0.15) is 0 Å². The smallest absolute Gasteiger partial charge is 0.0894 e. The lowest BCUT2D eigenvalue weighted by Crippen LogP contribution is -2.50. The molecule has 1 aliphatic rings. The summed E-state index contributed by atoms with van der Waals surface area (Å²) in [7, 11) is 1.81. The Kier molecular flexibility index (Phi) is 4.73. The zero-order chi connectivity index (χ0) is 14.1. The predicted molar refractivity (Wildman–Crippen MR) is 84.1 cm³/mol. The van der Waals surface area contributed by atoms with Crippen molar-refractivity contribution in [3.05, 3.63) is 20.8 Å². The maximum Gasteiger partial charge on any atom is 0.0894 e. The van der Waals surface area contributed by atoms with Gasteiger partial charge in [-0.3, -0.25) is 5.84 Å². The van der Waals surface area contributed by atoms with Crippen LogP contribution in [0.25, 0.3) is 0 Å². The molecule has 3 N–H and O–H groups in total. The van der Waals surface area contributed by atoms with Crippen molar-refractivity contribution >= 4 is 27.3 Å². The van der Waals surface area contributed by atoms with Gasteiger partial charge < -0.3 is 4.74 Å². The second-order valence-corrected chi connectivity index (χ2v) is 7.97. The summed E-state index contributed by atoms with van der Waals surface area (Å²) in [4.78, 5) is 1.23. The Morgan fingerprint density at radius 3 is 2.42 bits per heavy atom. The summed E-state index contributed by atoms with van der Waals surface area (Å²) in [6, 6.07) is 2.11. The van der Waals surface area contributed by atoms with Crippen molar-refractivity contribution in [3.63, 3.8) is 0 Å². The Bertz CT molecular complexity index is 423. The van der Waals surface area contributed by atoms with Crippen LogP contribution in [0.5, 0.6) is 0 Å². The molecule has 0 aromatic carbocycles. The van der Waals surface area contributed by atoms with E-state index >= 15 is 0 Å². The zero-order valence-corrected chi connectivity index (χ0v) is 14.2. The molecule has 1 heterocycles. The number of rotatable bonds is 4. The molecule has 5 heteroatoms. The van der Waals surface area contributed by atoms with Crippen molar-refractivity contribution < 1.29 is 4.74 Å². The second-order valence-electron chi connectivity index (χ2n) is 6.17. The minimum absolute atomic E-state index is 0.0444. The number of thiophene rings is 1. The molecule has 0 aliphatic heterocycles. The monoisotopic (exact) mass is 346 g/mol. The van der Waals surface area contributed by atoms with Crippen molar-refractivity contribution in [2.24, 2.45) is 11.3 Å². The molecule has 0 saturated heterocycles. The van der Waals surface area contributed by atoms with Crippen molar-refractivity contribution in [1.29, 1.82) is 0 Å². The number of methoxy groups -OCH3 is 1. The van der Waals surface area contributed by atoms with Gasteiger partial charge in [0.25, 0.3) is 0 Å². The fourth-order valence-electron chi connectivity index (χ4n) is 2.94. The highest BCUT2D eigenvalue weighted by molar-refractivity contribution is 9.10. The molecule has 3 nitrogen and oxygen atoms in total. The van der Waals surface area contributed by atoms with Gasteiger partial charge in [-0.05, 0) is 58.5 Å². The molecule has 0 spiro atoms. The largest absolute Gasteiger partial charge is 0.376 e. The molecule has 1 aromatic heterocycles. The Morgan fingerprint density at radius 1 is 1.37 bits per heavy atom. The molecule has 1 aliphatic carbocycles. The Balaban J connectivity index is 2.27. The van der Waals surface area contributed by atoms with E-state index in [1.807, 2.05) is 7.11 Å². The summed E-state index contributed by atoms with van der Waals surface area (Å²) in [5.74, 6) is 5.85. The van der Waals surface area contributed by atoms with E-state index in [1.165, 1.54) is 17.7 Å². The van der Waals surface area contributed by atoms with Crippen molar-refractivity contribution in [3.8, 4) is 0 Å². The molecule has 1 saturated carbocycles. The summed E-state index contributed by atoms with van der Waals surface area (Å²) in [6.45, 7) is 4.66. The summed E-state index contributed by atoms with van der Waals surface area (Å²) in [5.41, 5.74) is 3.20. The minimum Gasteiger partial charge on any atom is -0.376 e. The fourth-order valence-corrected chi connectivity index (χ4v) is 4.71. The van der Waals surface area contributed by atoms with E-state index in [9.17, 15) is 0 Å². The van der Waals surface area contributed by atoms with Crippen LogP contribution in [0, 0.1) is 5.41 Å². The van der Waals surface area contributed by atoms with E-state index in [2.05, 4.69) is 46.6 Å². The highest BCUT2D eigenvalue weighted by Crippen LogP contribution is 2.48. The molecule has 2 rings (SSSR count). The number of nitrogens with one attached hydrogen (secondary N) is 1. The maximum absolute atomic E-state index is 5.95. The number of hydrogen-bond acceptors (Lipinski definition) is 4. The molecule has 1 unspecified atom stereocenters. The number of hydrogen-bond donors (Lipinski definition) is 2. The second kappa shape index (κ2) is 5.82. The van der Waals surface area contributed by atoms with Crippen LogP contribution in [0.2, 0.25) is 0 Å². The Labute approximate surface area is 128 Å². The third-order valence-corrected chi connectivity index (χ3v) is 6.39. The van der Waals surface area contributed by atoms with Crippen LogP contribution in [-0.4, -0.2) is 12.7 Å². The third kappa shape index (κ3) is 3.05. The quantitative estimate of drug-likeness (QED) is 0.639. The molecule has 0 radical (unpaired) electrons. The predicted octanol–water partition coefficient (Wildman–Crippen LogP) is 4.00. The minimum atomic E-state index is -0.197. The molecule has 19 heavy (non-hydrogen) atoms. The molecular weight excluding hydrogens is 324 g/mol. The van der Waals surface area contributed by atoms with Gasteiger partial charge in [0.2, 0.25) is 0 Å². The molecule has 0 bridgehead atoms. The van der Waals surface area contributed by atoms with Crippen molar-refractivity contribution in [2.75, 3.05) is 7.11 Å². The van der Waals surface area contributed by atoms with Crippen LogP contribution in [-0.2, 0) is 4.74 Å². The first kappa shape index (κ1) is 15.4. The van der Waals surface area contributed by atoms with Gasteiger partial charge in [-0.25, -0.2) is 5.43 Å². The number of hydrazine groups is 1. The van der Waals surface area contributed by atoms with E-state index in [0.29, 0.717) is 5.41 Å². The zero-order valence-electron chi connectivity index (χ0n) is 11.8. The van der Waals surface area contributed by atoms with Crippen LogP contribution in [0.4, 0.5) is 0 Å². The summed E-state index contributed by atoms with van der Waals surface area (Å²) in [5, 5.41) is 2.08. The van der Waals surface area contributed by atoms with E-state index in [4.69, 9.17) is 10.6 Å². The van der Waals surface area contributed by atoms with Crippen LogP contribution in [0.1, 0.15) is 50.4 Å². The first-order valence-corrected chi connectivity index (χ1v) is 8.35. The van der Waals surface area contributed by atoms with Gasteiger partial charge in [-0.1, -0.05) is 13.8 Å². The summed E-state index contributed by atoms with van der Waals surface area (Å²) < 4.78 is 7.06. The average Bonchev–Trinajstić information content (AvgIpc) is 2.79. The van der Waals surface area contributed by atoms with Gasteiger partial charge >= 0.3 is 0 Å². The standard InChI is InChI=1S/C14H23BrN2OS/c1-13(2)5-7-14(18-3,8-6-13)12(17-16)11-10(15)4-9-19-11/h4,9,12,17H,5-8,16H2,1-3H3. The topological polar surface area (TPSA) is 47.3 Å². The lowest BCUT2D eigenvalue weighted by molar-refractivity contribution is -0.0871. The SMILES string of the molecule is COC1(C(NN)c2sccc2Br)CCC(C)(C)CC1. The first-order chi connectivity index (χ1) is 8.94. The normalized spacial score (nSPS) is 23.2. The van der Waals surface area contributed by atoms with Gasteiger partial charge in [0.05, 0.1) is 11.6 Å². The molecule has 1 aromatic rings. The molecule has 1 fully saturated rings. The highest BCUT2D eigenvalue weighted by atomic mass is 79.9. The van der Waals surface area contributed by atoms with E-state index in [1.54, 1.807) is 11.3 Å². The van der Waals surface area contributed by atoms with Crippen molar-refractivity contribution in [2.45, 2.75) is 51.2 Å². The van der Waals surface area contributed by atoms with Gasteiger partial charge in [-0.15, -0.1) is 11.3 Å². The highest BCUT2D eigenvalue weighted by Gasteiger charge is 2.45. The molecule has 0 amide bonds. The van der Waals surface area contributed by atoms with Crippen molar-refractivity contribution in [1.82, 2.24) is 5.43 Å². The summed E-state index contributed by atoms with van der Waals surface area (Å²) >= 11 is 5.33. The molecular formula is C14H23BrN2OS. The van der Waals surface area contributed by atoms with E-state index < -0.39 is 0 Å². The van der Waals surface area contributed by atoms with Crippen LogP contribution >= 0.6 is 27.3 Å². The molecule has 1 atom stereocenters. The van der Waals surface area contributed by atoms with Crippen LogP contribution in [0.3, 0.4) is 0 Å². The van der Waals surface area contributed by atoms with E-state index in [-0.39, 0.29) is 11.6 Å². The number of nitrogens with two attached hydrogens (primary N) is 1. The van der Waals surface area contributed by atoms with Gasteiger partial charge in [0.15, 0.2) is 0 Å². The maximum atomic E-state index is 5.95. The van der Waals surface area contributed by atoms with E-state index in [0.717, 1.165) is 17.3 Å². The van der Waals surface area contributed by atoms with Gasteiger partial charge in [0, 0.05) is 16.5 Å². The average molecular weight is 347 g/mol. The lowest BCUT2D eigenvalue weighted by atomic mass is 9.68. The lowest BCUT2D eigenvalue weighted by Gasteiger charge is -2.46. The van der Waals surface area contributed by atoms with Crippen LogP contribution < -0.4 is 11.3 Å².